The zero-order valence-electron chi connectivity index (χ0n) is 15.0. The number of hydrogen-bond donors (Lipinski definition) is 3. The van der Waals surface area contributed by atoms with Gasteiger partial charge in [-0.2, -0.15) is 0 Å². The highest BCUT2D eigenvalue weighted by molar-refractivity contribution is 5.88. The summed E-state index contributed by atoms with van der Waals surface area (Å²) in [7, 11) is 0. The fourth-order valence-electron chi connectivity index (χ4n) is 3.74. The summed E-state index contributed by atoms with van der Waals surface area (Å²) in [5.74, 6) is 0.866. The van der Waals surface area contributed by atoms with Crippen LogP contribution in [0.25, 0.3) is 21.9 Å². The average Bonchev–Trinajstić information content (AvgIpc) is 3.21. The lowest BCUT2D eigenvalue weighted by atomic mass is 9.82. The molecule has 4 rings (SSSR count). The maximum Gasteiger partial charge on any atom is 0.145 e. The molecule has 0 spiro atoms. The Kier molecular flexibility index (Phi) is 3.48. The Balaban J connectivity index is 2.02. The van der Waals surface area contributed by atoms with Crippen molar-refractivity contribution >= 4 is 21.9 Å². The van der Waals surface area contributed by atoms with E-state index in [1.54, 1.807) is 0 Å². The number of aromatic amines is 2. The van der Waals surface area contributed by atoms with Gasteiger partial charge in [0.15, 0.2) is 0 Å². The van der Waals surface area contributed by atoms with E-state index in [-0.39, 0.29) is 0 Å². The van der Waals surface area contributed by atoms with E-state index in [1.807, 2.05) is 43.5 Å². The third-order valence-electron chi connectivity index (χ3n) is 5.03. The van der Waals surface area contributed by atoms with Gasteiger partial charge in [0.25, 0.3) is 0 Å². The van der Waals surface area contributed by atoms with E-state index in [0.717, 1.165) is 33.1 Å². The number of nitrogens with one attached hydrogen (secondary N) is 2. The number of fused-ring (bicyclic) bond motifs is 2. The maximum absolute atomic E-state index is 11.6. The van der Waals surface area contributed by atoms with Crippen molar-refractivity contribution in [3.8, 4) is 0 Å². The zero-order chi connectivity index (χ0) is 17.8. The second-order valence-electron chi connectivity index (χ2n) is 7.25. The molecule has 0 saturated heterocycles. The van der Waals surface area contributed by atoms with Gasteiger partial charge < -0.3 is 15.1 Å². The summed E-state index contributed by atoms with van der Waals surface area (Å²) in [5.41, 5.74) is 4.90. The third-order valence-corrected chi connectivity index (χ3v) is 5.03. The lowest BCUT2D eigenvalue weighted by Crippen LogP contribution is -2.27. The molecule has 1 atom stereocenters. The highest BCUT2D eigenvalue weighted by atomic mass is 16.3. The molecule has 3 N–H and O–H groups in total. The highest BCUT2D eigenvalue weighted by Gasteiger charge is 2.34. The number of imidazole rings is 1. The van der Waals surface area contributed by atoms with Crippen molar-refractivity contribution in [2.24, 2.45) is 0 Å². The van der Waals surface area contributed by atoms with Crippen molar-refractivity contribution in [2.75, 3.05) is 0 Å². The molecule has 0 radical (unpaired) electrons. The number of rotatable bonds is 3. The normalized spacial score (nSPS) is 14.5. The van der Waals surface area contributed by atoms with Gasteiger partial charge in [-0.05, 0) is 49.1 Å². The fourth-order valence-corrected chi connectivity index (χ4v) is 3.74. The minimum absolute atomic E-state index is 0.295. The molecule has 1 unspecified atom stereocenters. The van der Waals surface area contributed by atoms with Crippen LogP contribution in [0.1, 0.15) is 49.2 Å². The van der Waals surface area contributed by atoms with Crippen LogP contribution in [-0.4, -0.2) is 20.1 Å². The molecule has 0 aliphatic rings. The molecule has 0 fully saturated rings. The van der Waals surface area contributed by atoms with Crippen LogP contribution in [0.2, 0.25) is 0 Å². The Morgan fingerprint density at radius 2 is 1.92 bits per heavy atom. The van der Waals surface area contributed by atoms with E-state index >= 15 is 0 Å². The Morgan fingerprint density at radius 1 is 1.16 bits per heavy atom. The van der Waals surface area contributed by atoms with Crippen LogP contribution in [0.4, 0.5) is 0 Å². The molecule has 2 aromatic heterocycles. The summed E-state index contributed by atoms with van der Waals surface area (Å²) in [6, 6.07) is 12.1. The summed E-state index contributed by atoms with van der Waals surface area (Å²) in [6.07, 6.45) is 1.93. The first kappa shape index (κ1) is 15.9. The van der Waals surface area contributed by atoms with Crippen molar-refractivity contribution in [3.63, 3.8) is 0 Å². The number of hydrogen-bond acceptors (Lipinski definition) is 2. The van der Waals surface area contributed by atoms with Crippen LogP contribution in [0.3, 0.4) is 0 Å². The molecule has 0 saturated carbocycles. The van der Waals surface area contributed by atoms with Crippen LogP contribution in [0, 0.1) is 6.92 Å². The van der Waals surface area contributed by atoms with Crippen LogP contribution < -0.4 is 0 Å². The molecular weight excluding hydrogens is 310 g/mol. The minimum Gasteiger partial charge on any atom is -0.377 e. The summed E-state index contributed by atoms with van der Waals surface area (Å²) >= 11 is 0. The van der Waals surface area contributed by atoms with Crippen LogP contribution in [0.15, 0.2) is 42.6 Å². The molecule has 0 amide bonds. The van der Waals surface area contributed by atoms with Gasteiger partial charge in [-0.25, -0.2) is 4.98 Å². The lowest BCUT2D eigenvalue weighted by molar-refractivity contribution is 0.0938. The number of H-pyrrole nitrogens is 2. The van der Waals surface area contributed by atoms with Gasteiger partial charge in [-0.15, -0.1) is 0 Å². The summed E-state index contributed by atoms with van der Waals surface area (Å²) in [6.45, 7) is 8.25. The topological polar surface area (TPSA) is 64.7 Å². The van der Waals surface area contributed by atoms with Gasteiger partial charge in [0.2, 0.25) is 0 Å². The average molecular weight is 333 g/mol. The molecule has 4 nitrogen and oxygen atoms in total. The van der Waals surface area contributed by atoms with Crippen molar-refractivity contribution in [1.29, 1.82) is 0 Å². The number of benzene rings is 2. The van der Waals surface area contributed by atoms with Gasteiger partial charge >= 0.3 is 0 Å². The van der Waals surface area contributed by atoms with Gasteiger partial charge in [-0.1, -0.05) is 32.0 Å². The van der Waals surface area contributed by atoms with Gasteiger partial charge in [0.05, 0.1) is 11.0 Å². The Bertz CT molecular complexity index is 1040. The first-order chi connectivity index (χ1) is 11.9. The van der Waals surface area contributed by atoms with Crippen molar-refractivity contribution in [1.82, 2.24) is 15.0 Å². The second kappa shape index (κ2) is 5.46. The predicted octanol–water partition coefficient (Wildman–Crippen LogP) is 4.73. The fraction of sp³-hybridized carbons (Fsp3) is 0.286. The number of aromatic nitrogens is 3. The Morgan fingerprint density at radius 3 is 2.64 bits per heavy atom. The maximum atomic E-state index is 11.6. The summed E-state index contributed by atoms with van der Waals surface area (Å²) in [5, 5.41) is 12.6. The molecule has 2 aromatic carbocycles. The first-order valence-electron chi connectivity index (χ1n) is 8.68. The largest absolute Gasteiger partial charge is 0.377 e. The minimum atomic E-state index is -1.22. The standard InChI is InChI=1S/C21H23N3O/c1-12(2)15-11-13(3)19-14(9-10-22-19)18(15)21(4,25)20-23-16-7-5-6-8-17(16)24-20/h5-12,22,25H,1-4H3,(H,23,24). The number of para-hydroxylation sites is 2. The van der Waals surface area contributed by atoms with Gasteiger partial charge in [-0.3, -0.25) is 0 Å². The van der Waals surface area contributed by atoms with Gasteiger partial charge in [0.1, 0.15) is 11.4 Å². The smallest absolute Gasteiger partial charge is 0.145 e. The Hall–Kier alpha value is -2.59. The third kappa shape index (κ3) is 2.36. The molecule has 0 aliphatic heterocycles. The van der Waals surface area contributed by atoms with E-state index in [2.05, 4.69) is 41.8 Å². The number of aryl methyl sites for hydroxylation is 1. The molecule has 25 heavy (non-hydrogen) atoms. The van der Waals surface area contributed by atoms with E-state index in [4.69, 9.17) is 0 Å². The highest BCUT2D eigenvalue weighted by Crippen LogP contribution is 2.39. The monoisotopic (exact) mass is 333 g/mol. The number of nitrogens with zero attached hydrogens (tertiary/aromatic N) is 1. The summed E-state index contributed by atoms with van der Waals surface area (Å²) < 4.78 is 0. The quantitative estimate of drug-likeness (QED) is 0.507. The van der Waals surface area contributed by atoms with Crippen LogP contribution in [0.5, 0.6) is 0 Å². The van der Waals surface area contributed by atoms with Gasteiger partial charge in [0, 0.05) is 22.7 Å². The number of aliphatic hydroxyl groups is 1. The lowest BCUT2D eigenvalue weighted by Gasteiger charge is -2.27. The molecular formula is C21H23N3O. The van der Waals surface area contributed by atoms with Crippen molar-refractivity contribution in [2.45, 2.75) is 39.2 Å². The molecule has 4 heteroatoms. The van der Waals surface area contributed by atoms with E-state index in [9.17, 15) is 5.11 Å². The van der Waals surface area contributed by atoms with Crippen molar-refractivity contribution in [3.05, 3.63) is 65.1 Å². The zero-order valence-corrected chi connectivity index (χ0v) is 15.0. The molecule has 128 valence electrons. The molecule has 0 aliphatic carbocycles. The SMILES string of the molecule is Cc1cc(C(C)C)c(C(C)(O)c2nc3ccccc3[nH]2)c2cc[nH]c12. The van der Waals surface area contributed by atoms with Crippen LogP contribution >= 0.6 is 0 Å². The molecule has 0 bridgehead atoms. The van der Waals surface area contributed by atoms with E-state index in [1.165, 1.54) is 5.56 Å². The second-order valence-corrected chi connectivity index (χ2v) is 7.25. The van der Waals surface area contributed by atoms with E-state index in [0.29, 0.717) is 11.7 Å². The van der Waals surface area contributed by atoms with E-state index < -0.39 is 5.60 Å². The Labute approximate surface area is 146 Å². The molecule has 4 aromatic rings. The van der Waals surface area contributed by atoms with Crippen LogP contribution in [-0.2, 0) is 5.60 Å². The predicted molar refractivity (Wildman–Crippen MR) is 102 cm³/mol. The van der Waals surface area contributed by atoms with Crippen molar-refractivity contribution < 1.29 is 5.11 Å². The molecule has 2 heterocycles. The first-order valence-corrected chi connectivity index (χ1v) is 8.68. The summed E-state index contributed by atoms with van der Waals surface area (Å²) in [4.78, 5) is 11.3.